The number of halogens is 1. The Morgan fingerprint density at radius 3 is 2.48 bits per heavy atom. The molecule has 1 amide bonds. The molecule has 9 nitrogen and oxygen atoms in total. The normalized spacial score (nSPS) is 18.7. The summed E-state index contributed by atoms with van der Waals surface area (Å²) in [4.78, 5) is 26.6. The van der Waals surface area contributed by atoms with E-state index in [1.807, 2.05) is 45.9 Å². The van der Waals surface area contributed by atoms with Crippen molar-refractivity contribution in [1.82, 2.24) is 14.9 Å². The van der Waals surface area contributed by atoms with Gasteiger partial charge in [0, 0.05) is 55.6 Å². The summed E-state index contributed by atoms with van der Waals surface area (Å²) >= 11 is 0. The smallest absolute Gasteiger partial charge is 0.414 e. The number of aryl methyl sites for hydroxylation is 1. The zero-order valence-electron chi connectivity index (χ0n) is 30.0. The summed E-state index contributed by atoms with van der Waals surface area (Å²) in [5, 5.41) is 13.8. The van der Waals surface area contributed by atoms with E-state index in [0.717, 1.165) is 27.9 Å². The topological polar surface area (TPSA) is 104 Å². The van der Waals surface area contributed by atoms with Gasteiger partial charge in [-0.25, -0.2) is 19.2 Å². The van der Waals surface area contributed by atoms with Crippen molar-refractivity contribution in [1.29, 1.82) is 5.26 Å². The first-order chi connectivity index (χ1) is 22.3. The lowest BCUT2D eigenvalue weighted by Crippen LogP contribution is -2.47. The molecule has 1 N–H and O–H groups in total. The van der Waals surface area contributed by atoms with Gasteiger partial charge < -0.3 is 14.5 Å². The SMILES string of the molecule is Cc1ccc(CN2CC(F)C2)cc1Nc1nccc(-c2cc(C#N)c3c(c2)[C@@](C)(CO[Si](C)(C)C(C)(C)C)CN3C(=O)OC(C)(C)C)n1. The number of likely N-dealkylation sites (tertiary alicyclic amines) is 1. The van der Waals surface area contributed by atoms with Crippen LogP contribution in [0.25, 0.3) is 11.3 Å². The molecule has 1 aromatic heterocycles. The van der Waals surface area contributed by atoms with Crippen molar-refractivity contribution in [2.75, 3.05) is 36.5 Å². The quantitative estimate of drug-likeness (QED) is 0.239. The van der Waals surface area contributed by atoms with Crippen molar-refractivity contribution in [3.63, 3.8) is 0 Å². The molecule has 0 saturated carbocycles. The number of alkyl halides is 1. The second kappa shape index (κ2) is 12.9. The molecule has 2 aromatic carbocycles. The van der Waals surface area contributed by atoms with Gasteiger partial charge in [0.05, 0.1) is 16.9 Å². The summed E-state index contributed by atoms with van der Waals surface area (Å²) in [6.07, 6.45) is 0.457. The predicted octanol–water partition coefficient (Wildman–Crippen LogP) is 8.26. The highest BCUT2D eigenvalue weighted by Crippen LogP contribution is 2.47. The molecule has 5 rings (SSSR count). The van der Waals surface area contributed by atoms with E-state index in [2.05, 4.69) is 74.2 Å². The van der Waals surface area contributed by atoms with Gasteiger partial charge in [-0.05, 0) is 86.8 Å². The Balaban J connectivity index is 1.51. The van der Waals surface area contributed by atoms with E-state index >= 15 is 0 Å². The van der Waals surface area contributed by atoms with Gasteiger partial charge in [-0.2, -0.15) is 5.26 Å². The van der Waals surface area contributed by atoms with Gasteiger partial charge >= 0.3 is 6.09 Å². The van der Waals surface area contributed by atoms with E-state index < -0.39 is 31.6 Å². The first-order valence-electron chi connectivity index (χ1n) is 16.6. The minimum absolute atomic E-state index is 0.00384. The maximum Gasteiger partial charge on any atom is 0.414 e. The van der Waals surface area contributed by atoms with E-state index in [9.17, 15) is 14.4 Å². The van der Waals surface area contributed by atoms with Crippen LogP contribution in [-0.4, -0.2) is 67.3 Å². The summed E-state index contributed by atoms with van der Waals surface area (Å²) in [5.41, 5.74) is 4.82. The number of nitrogens with zero attached hydrogens (tertiary/aromatic N) is 5. The van der Waals surface area contributed by atoms with Crippen LogP contribution in [0.5, 0.6) is 0 Å². The third-order valence-electron chi connectivity index (χ3n) is 9.65. The van der Waals surface area contributed by atoms with Gasteiger partial charge in [0.1, 0.15) is 17.8 Å². The van der Waals surface area contributed by atoms with Crippen molar-refractivity contribution in [3.8, 4) is 17.3 Å². The van der Waals surface area contributed by atoms with Gasteiger partial charge in [-0.15, -0.1) is 0 Å². The lowest BCUT2D eigenvalue weighted by atomic mass is 9.83. The van der Waals surface area contributed by atoms with Crippen LogP contribution >= 0.6 is 0 Å². The van der Waals surface area contributed by atoms with Crippen molar-refractivity contribution < 1.29 is 18.3 Å². The highest BCUT2D eigenvalue weighted by atomic mass is 28.4. The number of carbonyl (C=O) groups is 1. The number of nitrogens with one attached hydrogen (secondary N) is 1. The number of anilines is 3. The van der Waals surface area contributed by atoms with Crippen molar-refractivity contribution >= 4 is 31.7 Å². The molecule has 0 radical (unpaired) electrons. The van der Waals surface area contributed by atoms with E-state index in [0.29, 0.717) is 55.7 Å². The van der Waals surface area contributed by atoms with Gasteiger partial charge in [-0.1, -0.05) is 39.8 Å². The third kappa shape index (κ3) is 7.56. The highest BCUT2D eigenvalue weighted by molar-refractivity contribution is 6.74. The predicted molar refractivity (Wildman–Crippen MR) is 191 cm³/mol. The average molecular weight is 673 g/mol. The molecule has 0 spiro atoms. The average Bonchev–Trinajstić information content (AvgIpc) is 3.28. The summed E-state index contributed by atoms with van der Waals surface area (Å²) in [6.45, 7) is 23.0. The number of ether oxygens (including phenoxy) is 1. The molecule has 1 atom stereocenters. The molecule has 2 aliphatic rings. The number of carbonyl (C=O) groups excluding carboxylic acids is 1. The summed E-state index contributed by atoms with van der Waals surface area (Å²) < 4.78 is 25.9. The molecule has 2 aliphatic heterocycles. The van der Waals surface area contributed by atoms with Gasteiger partial charge in [0.25, 0.3) is 0 Å². The lowest BCUT2D eigenvalue weighted by molar-refractivity contribution is 0.0574. The van der Waals surface area contributed by atoms with Crippen LogP contribution in [0, 0.1) is 18.3 Å². The van der Waals surface area contributed by atoms with E-state index in [1.165, 1.54) is 0 Å². The number of amides is 1. The minimum Gasteiger partial charge on any atom is -0.443 e. The molecule has 0 aliphatic carbocycles. The lowest BCUT2D eigenvalue weighted by Gasteiger charge is -2.39. The number of rotatable bonds is 8. The molecule has 1 fully saturated rings. The van der Waals surface area contributed by atoms with Crippen molar-refractivity contribution in [3.05, 3.63) is 64.8 Å². The molecule has 48 heavy (non-hydrogen) atoms. The van der Waals surface area contributed by atoms with E-state index in [1.54, 1.807) is 17.2 Å². The summed E-state index contributed by atoms with van der Waals surface area (Å²) in [5.74, 6) is 0.416. The number of hydrogen-bond donors (Lipinski definition) is 1. The number of nitriles is 1. The number of aromatic nitrogens is 2. The standard InChI is InChI=1S/C37H49FN6O3Si/c1-24-11-12-25(19-43-20-28(38)21-43)15-31(24)42-33-40-14-13-30(41-33)26-16-27(18-39)32-29(17-26)37(8,23-46-48(9,10)36(5,6)7)22-44(32)34(45)47-35(2,3)4/h11-17,28H,19-23H2,1-10H3,(H,40,41,42)/t37-/m1/s1. The molecular weight excluding hydrogens is 624 g/mol. The van der Waals surface area contributed by atoms with Crippen LogP contribution in [0.2, 0.25) is 18.1 Å². The molecule has 0 unspecified atom stereocenters. The molecule has 11 heteroatoms. The Bertz CT molecular complexity index is 1740. The second-order valence-electron chi connectivity index (χ2n) is 16.0. The molecule has 3 aromatic rings. The number of fused-ring (bicyclic) bond motifs is 1. The first-order valence-corrected chi connectivity index (χ1v) is 19.5. The van der Waals surface area contributed by atoms with Crippen LogP contribution in [0.1, 0.15) is 70.7 Å². The van der Waals surface area contributed by atoms with Crippen molar-refractivity contribution in [2.24, 2.45) is 0 Å². The summed E-state index contributed by atoms with van der Waals surface area (Å²) in [7, 11) is -2.14. The van der Waals surface area contributed by atoms with Gasteiger partial charge in [0.2, 0.25) is 5.95 Å². The van der Waals surface area contributed by atoms with Crippen LogP contribution in [0.15, 0.2) is 42.6 Å². The molecule has 0 bridgehead atoms. The number of benzene rings is 2. The Labute approximate surface area is 285 Å². The largest absolute Gasteiger partial charge is 0.443 e. The maximum absolute atomic E-state index is 13.6. The number of hydrogen-bond acceptors (Lipinski definition) is 8. The van der Waals surface area contributed by atoms with E-state index in [-0.39, 0.29) is 5.04 Å². The summed E-state index contributed by atoms with van der Waals surface area (Å²) in [6, 6.07) is 14.1. The second-order valence-corrected chi connectivity index (χ2v) is 20.8. The monoisotopic (exact) mass is 672 g/mol. The zero-order chi connectivity index (χ0) is 35.2. The van der Waals surface area contributed by atoms with E-state index in [4.69, 9.17) is 14.1 Å². The Morgan fingerprint density at radius 2 is 1.85 bits per heavy atom. The Morgan fingerprint density at radius 1 is 1.15 bits per heavy atom. The van der Waals surface area contributed by atoms with Crippen LogP contribution in [0.3, 0.4) is 0 Å². The Hall–Kier alpha value is -3.85. The molecule has 1 saturated heterocycles. The zero-order valence-corrected chi connectivity index (χ0v) is 31.0. The highest BCUT2D eigenvalue weighted by Gasteiger charge is 2.47. The maximum atomic E-state index is 13.6. The molecule has 256 valence electrons. The fourth-order valence-corrected chi connectivity index (χ4v) is 6.89. The van der Waals surface area contributed by atoms with Crippen LogP contribution in [0.4, 0.5) is 26.5 Å². The van der Waals surface area contributed by atoms with Crippen LogP contribution < -0.4 is 10.2 Å². The minimum atomic E-state index is -2.14. The molecule has 3 heterocycles. The van der Waals surface area contributed by atoms with Crippen molar-refractivity contribution in [2.45, 2.75) is 97.3 Å². The van der Waals surface area contributed by atoms with Gasteiger partial charge in [0.15, 0.2) is 8.32 Å². The third-order valence-corrected chi connectivity index (χ3v) is 14.1. The van der Waals surface area contributed by atoms with Crippen LogP contribution in [-0.2, 0) is 21.1 Å². The fourth-order valence-electron chi connectivity index (χ4n) is 5.78. The Kier molecular flexibility index (Phi) is 9.51. The fraction of sp³-hybridized carbons (Fsp3) is 0.514. The molecular formula is C37H49FN6O3Si. The first kappa shape index (κ1) is 35.5. The van der Waals surface area contributed by atoms with Gasteiger partial charge in [-0.3, -0.25) is 9.80 Å².